The number of ether oxygens (including phenoxy) is 1. The monoisotopic (exact) mass is 326 g/mol. The number of nitrogens with one attached hydrogen (secondary N) is 2. The highest BCUT2D eigenvalue weighted by Gasteiger charge is 2.24. The van der Waals surface area contributed by atoms with Crippen molar-refractivity contribution >= 4 is 12.1 Å². The topological polar surface area (TPSA) is 73.9 Å². The maximum atomic E-state index is 11.9. The molecule has 2 heterocycles. The van der Waals surface area contributed by atoms with E-state index in [0.717, 1.165) is 38.4 Å². The van der Waals surface area contributed by atoms with Crippen molar-refractivity contribution in [3.05, 3.63) is 0 Å². The molecule has 0 aromatic carbocycles. The van der Waals surface area contributed by atoms with Crippen LogP contribution >= 0.6 is 0 Å². The van der Waals surface area contributed by atoms with Crippen molar-refractivity contribution in [3.63, 3.8) is 0 Å². The molecule has 132 valence electrons. The number of methoxy groups -OCH3 is 1. The Balaban J connectivity index is 1.57. The van der Waals surface area contributed by atoms with Gasteiger partial charge in [0.1, 0.15) is 0 Å². The standard InChI is InChI=1S/C16H30N4O3/c1-13-4-3-8-19(12-13)11-7-17-15(21)18-14-5-9-20(10-6-14)16(22)23-2/h13-14H,3-12H2,1-2H3,(H2,17,18,21). The SMILES string of the molecule is COC(=O)N1CCC(NC(=O)NCCN2CCCC(C)C2)CC1. The second kappa shape index (κ2) is 8.96. The van der Waals surface area contributed by atoms with E-state index < -0.39 is 0 Å². The summed E-state index contributed by atoms with van der Waals surface area (Å²) >= 11 is 0. The van der Waals surface area contributed by atoms with Crippen LogP contribution in [0.15, 0.2) is 0 Å². The van der Waals surface area contributed by atoms with E-state index in [4.69, 9.17) is 4.74 Å². The normalized spacial score (nSPS) is 23.4. The summed E-state index contributed by atoms with van der Waals surface area (Å²) in [6.07, 6.45) is 3.82. The van der Waals surface area contributed by atoms with Gasteiger partial charge in [0.2, 0.25) is 0 Å². The summed E-state index contributed by atoms with van der Waals surface area (Å²) in [7, 11) is 1.39. The van der Waals surface area contributed by atoms with Crippen molar-refractivity contribution in [2.75, 3.05) is 46.4 Å². The number of amides is 3. The molecule has 0 aliphatic carbocycles. The van der Waals surface area contributed by atoms with Crippen LogP contribution in [0.2, 0.25) is 0 Å². The first-order valence-corrected chi connectivity index (χ1v) is 8.68. The Hall–Kier alpha value is -1.50. The van der Waals surface area contributed by atoms with Gasteiger partial charge in [-0.15, -0.1) is 0 Å². The Morgan fingerprint density at radius 2 is 1.91 bits per heavy atom. The summed E-state index contributed by atoms with van der Waals surface area (Å²) in [5, 5.41) is 5.94. The first-order valence-electron chi connectivity index (χ1n) is 8.68. The minimum absolute atomic E-state index is 0.105. The number of nitrogens with zero attached hydrogens (tertiary/aromatic N) is 2. The highest BCUT2D eigenvalue weighted by atomic mass is 16.5. The van der Waals surface area contributed by atoms with Crippen LogP contribution in [0, 0.1) is 5.92 Å². The first kappa shape index (κ1) is 17.8. The van der Waals surface area contributed by atoms with Crippen molar-refractivity contribution in [1.29, 1.82) is 0 Å². The van der Waals surface area contributed by atoms with Crippen molar-refractivity contribution in [3.8, 4) is 0 Å². The van der Waals surface area contributed by atoms with Gasteiger partial charge < -0.3 is 25.2 Å². The lowest BCUT2D eigenvalue weighted by molar-refractivity contribution is 0.110. The van der Waals surface area contributed by atoms with Crippen molar-refractivity contribution in [2.45, 2.75) is 38.6 Å². The fourth-order valence-corrected chi connectivity index (χ4v) is 3.39. The zero-order chi connectivity index (χ0) is 16.7. The molecule has 0 saturated carbocycles. The number of likely N-dealkylation sites (tertiary alicyclic amines) is 2. The third-order valence-corrected chi connectivity index (χ3v) is 4.72. The van der Waals surface area contributed by atoms with Crippen molar-refractivity contribution < 1.29 is 14.3 Å². The van der Waals surface area contributed by atoms with Crippen LogP contribution in [0.5, 0.6) is 0 Å². The zero-order valence-electron chi connectivity index (χ0n) is 14.3. The molecule has 0 aromatic rings. The van der Waals surface area contributed by atoms with Gasteiger partial charge in [-0.05, 0) is 38.1 Å². The summed E-state index contributed by atoms with van der Waals surface area (Å²) in [6.45, 7) is 7.41. The maximum absolute atomic E-state index is 11.9. The number of rotatable bonds is 4. The van der Waals surface area contributed by atoms with Crippen LogP contribution in [0.1, 0.15) is 32.6 Å². The summed E-state index contributed by atoms with van der Waals surface area (Å²) in [6, 6.07) is 0.0255. The van der Waals surface area contributed by atoms with E-state index in [2.05, 4.69) is 22.5 Å². The van der Waals surface area contributed by atoms with Gasteiger partial charge in [-0.1, -0.05) is 6.92 Å². The van der Waals surface area contributed by atoms with E-state index in [1.165, 1.54) is 20.0 Å². The Bertz CT molecular complexity index is 397. The summed E-state index contributed by atoms with van der Waals surface area (Å²) in [4.78, 5) is 27.4. The molecule has 1 unspecified atom stereocenters. The van der Waals surface area contributed by atoms with Gasteiger partial charge in [-0.25, -0.2) is 9.59 Å². The first-order chi connectivity index (χ1) is 11.1. The lowest BCUT2D eigenvalue weighted by atomic mass is 10.0. The Kier molecular flexibility index (Phi) is 6.95. The summed E-state index contributed by atoms with van der Waals surface area (Å²) in [5.74, 6) is 0.762. The molecule has 0 radical (unpaired) electrons. The molecule has 2 rings (SSSR count). The number of hydrogen-bond donors (Lipinski definition) is 2. The number of hydrogen-bond acceptors (Lipinski definition) is 4. The molecule has 0 spiro atoms. The van der Waals surface area contributed by atoms with Crippen molar-refractivity contribution in [1.82, 2.24) is 20.4 Å². The molecule has 1 atom stereocenters. The maximum Gasteiger partial charge on any atom is 0.409 e. The zero-order valence-corrected chi connectivity index (χ0v) is 14.3. The van der Waals surface area contributed by atoms with Gasteiger partial charge in [-0.2, -0.15) is 0 Å². The van der Waals surface area contributed by atoms with Crippen LogP contribution in [0.3, 0.4) is 0 Å². The highest BCUT2D eigenvalue weighted by Crippen LogP contribution is 2.14. The molecule has 0 bridgehead atoms. The lowest BCUT2D eigenvalue weighted by Gasteiger charge is -2.32. The second-order valence-electron chi connectivity index (χ2n) is 6.68. The van der Waals surface area contributed by atoms with E-state index in [0.29, 0.717) is 19.6 Å². The average Bonchev–Trinajstić information content (AvgIpc) is 2.55. The average molecular weight is 326 g/mol. The number of carbonyl (C=O) groups is 2. The molecule has 23 heavy (non-hydrogen) atoms. The fraction of sp³-hybridized carbons (Fsp3) is 0.875. The van der Waals surface area contributed by atoms with Crippen LogP contribution in [0.4, 0.5) is 9.59 Å². The van der Waals surface area contributed by atoms with E-state index >= 15 is 0 Å². The van der Waals surface area contributed by atoms with Gasteiger partial charge in [0, 0.05) is 38.8 Å². The lowest BCUT2D eigenvalue weighted by Crippen LogP contribution is -2.50. The fourth-order valence-electron chi connectivity index (χ4n) is 3.39. The third-order valence-electron chi connectivity index (χ3n) is 4.72. The molecule has 3 amide bonds. The Labute approximate surface area is 138 Å². The Morgan fingerprint density at radius 1 is 1.17 bits per heavy atom. The molecular formula is C16H30N4O3. The highest BCUT2D eigenvalue weighted by molar-refractivity contribution is 5.74. The van der Waals surface area contributed by atoms with Gasteiger partial charge in [0.05, 0.1) is 7.11 Å². The molecule has 7 nitrogen and oxygen atoms in total. The smallest absolute Gasteiger partial charge is 0.409 e. The van der Waals surface area contributed by atoms with Gasteiger partial charge in [-0.3, -0.25) is 0 Å². The van der Waals surface area contributed by atoms with Crippen LogP contribution in [-0.4, -0.2) is 74.3 Å². The Morgan fingerprint density at radius 3 is 2.57 bits per heavy atom. The van der Waals surface area contributed by atoms with Crippen LogP contribution in [-0.2, 0) is 4.74 Å². The van der Waals surface area contributed by atoms with Crippen LogP contribution < -0.4 is 10.6 Å². The van der Waals surface area contributed by atoms with E-state index in [1.807, 2.05) is 0 Å². The van der Waals surface area contributed by atoms with Crippen LogP contribution in [0.25, 0.3) is 0 Å². The quantitative estimate of drug-likeness (QED) is 0.815. The molecule has 2 aliphatic heterocycles. The number of piperidine rings is 2. The van der Waals surface area contributed by atoms with Gasteiger partial charge >= 0.3 is 12.1 Å². The predicted molar refractivity (Wildman–Crippen MR) is 88.4 cm³/mol. The number of carbonyl (C=O) groups excluding carboxylic acids is 2. The molecule has 2 saturated heterocycles. The van der Waals surface area contributed by atoms with Gasteiger partial charge in [0.15, 0.2) is 0 Å². The third kappa shape index (κ3) is 5.89. The summed E-state index contributed by atoms with van der Waals surface area (Å²) in [5.41, 5.74) is 0. The minimum Gasteiger partial charge on any atom is -0.453 e. The minimum atomic E-state index is -0.288. The van der Waals surface area contributed by atoms with Crippen molar-refractivity contribution in [2.24, 2.45) is 5.92 Å². The predicted octanol–water partition coefficient (Wildman–Crippen LogP) is 1.25. The molecular weight excluding hydrogens is 296 g/mol. The van der Waals surface area contributed by atoms with E-state index in [1.54, 1.807) is 4.90 Å². The van der Waals surface area contributed by atoms with Gasteiger partial charge in [0.25, 0.3) is 0 Å². The summed E-state index contributed by atoms with van der Waals surface area (Å²) < 4.78 is 4.71. The molecule has 2 aliphatic rings. The molecule has 7 heteroatoms. The largest absolute Gasteiger partial charge is 0.453 e. The number of urea groups is 1. The second-order valence-corrected chi connectivity index (χ2v) is 6.68. The molecule has 2 N–H and O–H groups in total. The van der Waals surface area contributed by atoms with E-state index in [-0.39, 0.29) is 18.2 Å². The molecule has 2 fully saturated rings. The van der Waals surface area contributed by atoms with E-state index in [9.17, 15) is 9.59 Å². The molecule has 0 aromatic heterocycles.